The summed E-state index contributed by atoms with van der Waals surface area (Å²) in [5, 5.41) is 5.71. The van der Waals surface area contributed by atoms with E-state index in [9.17, 15) is 18.0 Å². The Kier molecular flexibility index (Phi) is 6.89. The molecule has 5 rings (SSSR count). The van der Waals surface area contributed by atoms with Gasteiger partial charge in [-0.25, -0.2) is 18.5 Å². The molecule has 1 aliphatic heterocycles. The molecule has 1 aliphatic rings. The minimum Gasteiger partial charge on any atom is -0.311 e. The standard InChI is InChI=1S/C27H26N4O4S2/c1-18(25(32)30-17-15-20-6-2-5-9-24(20)30)36-27-29-23-8-4-3-7-22(23)26(33)31(27)16-14-19-10-12-21(13-11-19)37(28,34)35/h2-13,18H,14-17H2,1H3,(H2,28,34,35)/t18-/m0/s1. The fourth-order valence-corrected chi connectivity index (χ4v) is 6.03. The Morgan fingerprint density at radius 3 is 2.51 bits per heavy atom. The van der Waals surface area contributed by atoms with Crippen molar-refractivity contribution >= 4 is 44.3 Å². The lowest BCUT2D eigenvalue weighted by Crippen LogP contribution is -2.36. The summed E-state index contributed by atoms with van der Waals surface area (Å²) >= 11 is 1.27. The van der Waals surface area contributed by atoms with Gasteiger partial charge in [-0.2, -0.15) is 0 Å². The van der Waals surface area contributed by atoms with Crippen molar-refractivity contribution in [2.45, 2.75) is 41.6 Å². The number of thioether (sulfide) groups is 1. The molecule has 4 aromatic rings. The van der Waals surface area contributed by atoms with Crippen LogP contribution in [0.15, 0.2) is 87.6 Å². The van der Waals surface area contributed by atoms with E-state index in [2.05, 4.69) is 0 Å². The number of hydrogen-bond acceptors (Lipinski definition) is 6. The highest BCUT2D eigenvalue weighted by atomic mass is 32.2. The number of para-hydroxylation sites is 2. The zero-order valence-corrected chi connectivity index (χ0v) is 21.8. The number of fused-ring (bicyclic) bond motifs is 2. The zero-order valence-electron chi connectivity index (χ0n) is 20.2. The molecule has 190 valence electrons. The van der Waals surface area contributed by atoms with Crippen molar-refractivity contribution in [3.05, 3.63) is 94.3 Å². The summed E-state index contributed by atoms with van der Waals surface area (Å²) in [5.74, 6) is -0.0255. The van der Waals surface area contributed by atoms with E-state index in [1.165, 1.54) is 23.9 Å². The molecule has 3 aromatic carbocycles. The van der Waals surface area contributed by atoms with Gasteiger partial charge in [-0.3, -0.25) is 14.2 Å². The van der Waals surface area contributed by atoms with Crippen molar-refractivity contribution in [3.63, 3.8) is 0 Å². The first kappa shape index (κ1) is 25.2. The molecule has 1 aromatic heterocycles. The van der Waals surface area contributed by atoms with Crippen molar-refractivity contribution in [2.24, 2.45) is 5.14 Å². The van der Waals surface area contributed by atoms with E-state index in [0.29, 0.717) is 35.6 Å². The molecule has 2 N–H and O–H groups in total. The topological polar surface area (TPSA) is 115 Å². The quantitative estimate of drug-likeness (QED) is 0.287. The summed E-state index contributed by atoms with van der Waals surface area (Å²) < 4.78 is 24.7. The molecular weight excluding hydrogens is 508 g/mol. The molecule has 0 aliphatic carbocycles. The maximum Gasteiger partial charge on any atom is 0.262 e. The summed E-state index contributed by atoms with van der Waals surface area (Å²) in [6, 6.07) is 21.3. The minimum atomic E-state index is -3.78. The van der Waals surface area contributed by atoms with Gasteiger partial charge in [0, 0.05) is 18.8 Å². The first-order valence-electron chi connectivity index (χ1n) is 11.9. The van der Waals surface area contributed by atoms with Gasteiger partial charge in [0.15, 0.2) is 5.16 Å². The number of amides is 1. The third-order valence-corrected chi connectivity index (χ3v) is 8.49. The van der Waals surface area contributed by atoms with Gasteiger partial charge in [0.2, 0.25) is 15.9 Å². The number of hydrogen-bond donors (Lipinski definition) is 1. The highest BCUT2D eigenvalue weighted by Crippen LogP contribution is 2.31. The number of anilines is 1. The lowest BCUT2D eigenvalue weighted by molar-refractivity contribution is -0.117. The molecule has 0 saturated heterocycles. The van der Waals surface area contributed by atoms with Crippen LogP contribution >= 0.6 is 11.8 Å². The zero-order chi connectivity index (χ0) is 26.2. The predicted octanol–water partition coefficient (Wildman–Crippen LogP) is 3.36. The molecule has 37 heavy (non-hydrogen) atoms. The van der Waals surface area contributed by atoms with Gasteiger partial charge >= 0.3 is 0 Å². The Balaban J connectivity index is 1.42. The third kappa shape index (κ3) is 5.18. The predicted molar refractivity (Wildman–Crippen MR) is 145 cm³/mol. The van der Waals surface area contributed by atoms with Gasteiger partial charge in [-0.05, 0) is 61.2 Å². The number of benzene rings is 3. The number of aromatic nitrogens is 2. The van der Waals surface area contributed by atoms with E-state index in [0.717, 1.165) is 23.2 Å². The Labute approximate surface area is 219 Å². The van der Waals surface area contributed by atoms with Crippen LogP contribution < -0.4 is 15.6 Å². The Bertz CT molecular complexity index is 1650. The molecule has 0 bridgehead atoms. The molecule has 1 amide bonds. The van der Waals surface area contributed by atoms with Crippen LogP contribution in [0, 0.1) is 0 Å². The summed E-state index contributed by atoms with van der Waals surface area (Å²) in [6.45, 7) is 2.79. The highest BCUT2D eigenvalue weighted by molar-refractivity contribution is 8.00. The second-order valence-electron chi connectivity index (χ2n) is 8.94. The molecule has 2 heterocycles. The van der Waals surface area contributed by atoms with Gasteiger partial charge in [0.05, 0.1) is 21.0 Å². The molecule has 0 saturated carbocycles. The smallest absolute Gasteiger partial charge is 0.262 e. The van der Waals surface area contributed by atoms with Crippen LogP contribution in [0.3, 0.4) is 0 Å². The number of sulfonamides is 1. The van der Waals surface area contributed by atoms with Gasteiger partial charge in [-0.15, -0.1) is 0 Å². The summed E-state index contributed by atoms with van der Waals surface area (Å²) in [6.07, 6.45) is 1.29. The van der Waals surface area contributed by atoms with Crippen LogP contribution in [-0.4, -0.2) is 35.7 Å². The molecule has 0 spiro atoms. The van der Waals surface area contributed by atoms with Crippen LogP contribution in [0.2, 0.25) is 0 Å². The fraction of sp³-hybridized carbons (Fsp3) is 0.222. The number of primary sulfonamides is 1. The number of carbonyl (C=O) groups is 1. The van der Waals surface area contributed by atoms with Crippen LogP contribution in [0.1, 0.15) is 18.1 Å². The SMILES string of the molecule is C[C@H](Sc1nc2ccccc2c(=O)n1CCc1ccc(S(N)(=O)=O)cc1)C(=O)N1CCc2ccccc21. The van der Waals surface area contributed by atoms with Gasteiger partial charge in [-0.1, -0.05) is 54.2 Å². The second kappa shape index (κ2) is 10.1. The van der Waals surface area contributed by atoms with Crippen molar-refractivity contribution < 1.29 is 13.2 Å². The van der Waals surface area contributed by atoms with E-state index in [1.54, 1.807) is 34.9 Å². The number of nitrogens with two attached hydrogens (primary N) is 1. The largest absolute Gasteiger partial charge is 0.311 e. The average Bonchev–Trinajstić information content (AvgIpc) is 3.32. The number of rotatable bonds is 7. The Morgan fingerprint density at radius 1 is 1.05 bits per heavy atom. The van der Waals surface area contributed by atoms with Crippen LogP contribution in [0.5, 0.6) is 0 Å². The first-order valence-corrected chi connectivity index (χ1v) is 14.3. The van der Waals surface area contributed by atoms with Crippen molar-refractivity contribution in [3.8, 4) is 0 Å². The summed E-state index contributed by atoms with van der Waals surface area (Å²) in [4.78, 5) is 33.4. The molecule has 0 fully saturated rings. The minimum absolute atomic E-state index is 0.0255. The fourth-order valence-electron chi connectivity index (χ4n) is 4.52. The number of aryl methyl sites for hydroxylation is 1. The van der Waals surface area contributed by atoms with Crippen molar-refractivity contribution in [1.82, 2.24) is 9.55 Å². The Hall–Kier alpha value is -3.47. The monoisotopic (exact) mass is 534 g/mol. The molecule has 10 heteroatoms. The van der Waals surface area contributed by atoms with Gasteiger partial charge in [0.1, 0.15) is 0 Å². The van der Waals surface area contributed by atoms with Crippen LogP contribution in [-0.2, 0) is 34.2 Å². The lowest BCUT2D eigenvalue weighted by Gasteiger charge is -2.22. The van der Waals surface area contributed by atoms with Crippen molar-refractivity contribution in [2.75, 3.05) is 11.4 Å². The average molecular weight is 535 g/mol. The second-order valence-corrected chi connectivity index (χ2v) is 11.8. The maximum atomic E-state index is 13.4. The van der Waals surface area contributed by atoms with E-state index in [1.807, 2.05) is 42.2 Å². The third-order valence-electron chi connectivity index (χ3n) is 6.49. The molecule has 0 radical (unpaired) electrons. The van der Waals surface area contributed by atoms with E-state index >= 15 is 0 Å². The van der Waals surface area contributed by atoms with E-state index in [-0.39, 0.29) is 16.4 Å². The normalized spacial score (nSPS) is 14.1. The Morgan fingerprint density at radius 2 is 1.76 bits per heavy atom. The summed E-state index contributed by atoms with van der Waals surface area (Å²) in [7, 11) is -3.78. The number of nitrogens with zero attached hydrogens (tertiary/aromatic N) is 3. The number of carbonyl (C=O) groups excluding carboxylic acids is 1. The van der Waals surface area contributed by atoms with Crippen molar-refractivity contribution in [1.29, 1.82) is 0 Å². The maximum absolute atomic E-state index is 13.4. The highest BCUT2D eigenvalue weighted by Gasteiger charge is 2.29. The molecule has 0 unspecified atom stereocenters. The van der Waals surface area contributed by atoms with Crippen LogP contribution in [0.4, 0.5) is 5.69 Å². The summed E-state index contributed by atoms with van der Waals surface area (Å²) in [5.41, 5.74) is 3.34. The van der Waals surface area contributed by atoms with Gasteiger partial charge < -0.3 is 4.90 Å². The molecule has 1 atom stereocenters. The van der Waals surface area contributed by atoms with Gasteiger partial charge in [0.25, 0.3) is 5.56 Å². The van der Waals surface area contributed by atoms with E-state index in [4.69, 9.17) is 10.1 Å². The lowest BCUT2D eigenvalue weighted by atomic mass is 10.1. The van der Waals surface area contributed by atoms with E-state index < -0.39 is 15.3 Å². The van der Waals surface area contributed by atoms with Crippen LogP contribution in [0.25, 0.3) is 10.9 Å². The molecule has 8 nitrogen and oxygen atoms in total. The first-order chi connectivity index (χ1) is 17.7. The molecular formula is C27H26N4O4S2.